The van der Waals surface area contributed by atoms with Gasteiger partial charge in [-0.15, -0.1) is 0 Å². The fourth-order valence-corrected chi connectivity index (χ4v) is 2.77. The normalized spacial score (nSPS) is 21.2. The molecule has 116 valence electrons. The number of benzene rings is 1. The first-order valence-electron chi connectivity index (χ1n) is 7.57. The molecule has 0 saturated heterocycles. The van der Waals surface area contributed by atoms with Crippen LogP contribution in [0.2, 0.25) is 0 Å². The Morgan fingerprint density at radius 2 is 2.29 bits per heavy atom. The van der Waals surface area contributed by atoms with Crippen molar-refractivity contribution >= 4 is 5.91 Å². The molecule has 4 nitrogen and oxygen atoms in total. The van der Waals surface area contributed by atoms with Crippen LogP contribution in [0, 0.1) is 11.7 Å². The molecular weight excluding hydrogens is 271 g/mol. The van der Waals surface area contributed by atoms with Crippen molar-refractivity contribution in [3.05, 3.63) is 30.1 Å². The number of ether oxygens (including phenoxy) is 1. The second-order valence-corrected chi connectivity index (χ2v) is 5.51. The molecule has 1 aliphatic rings. The Labute approximate surface area is 124 Å². The van der Waals surface area contributed by atoms with Crippen LogP contribution >= 0.6 is 0 Å². The summed E-state index contributed by atoms with van der Waals surface area (Å²) in [6.07, 6.45) is 4.29. The van der Waals surface area contributed by atoms with E-state index in [2.05, 4.69) is 5.32 Å². The van der Waals surface area contributed by atoms with Gasteiger partial charge in [0.15, 0.2) is 0 Å². The minimum Gasteiger partial charge on any atom is -0.493 e. The van der Waals surface area contributed by atoms with Crippen LogP contribution in [0.1, 0.15) is 32.1 Å². The molecule has 21 heavy (non-hydrogen) atoms. The average molecular weight is 294 g/mol. The van der Waals surface area contributed by atoms with Crippen molar-refractivity contribution in [2.24, 2.45) is 11.7 Å². The van der Waals surface area contributed by atoms with Crippen molar-refractivity contribution in [2.75, 3.05) is 13.2 Å². The maximum atomic E-state index is 12.9. The first-order valence-corrected chi connectivity index (χ1v) is 7.57. The second-order valence-electron chi connectivity index (χ2n) is 5.51. The van der Waals surface area contributed by atoms with Crippen molar-refractivity contribution in [2.45, 2.75) is 38.1 Å². The summed E-state index contributed by atoms with van der Waals surface area (Å²) >= 11 is 0. The van der Waals surface area contributed by atoms with E-state index >= 15 is 0 Å². The van der Waals surface area contributed by atoms with Crippen molar-refractivity contribution in [3.8, 4) is 5.75 Å². The average Bonchev–Trinajstić information content (AvgIpc) is 2.91. The molecule has 1 aromatic rings. The molecule has 0 radical (unpaired) electrons. The molecule has 2 rings (SSSR count). The third-order valence-electron chi connectivity index (χ3n) is 3.92. The zero-order chi connectivity index (χ0) is 15.1. The molecule has 1 saturated carbocycles. The molecule has 0 aliphatic heterocycles. The minimum atomic E-state index is -0.320. The van der Waals surface area contributed by atoms with E-state index < -0.39 is 0 Å². The number of carbonyl (C=O) groups excluding carboxylic acids is 1. The lowest BCUT2D eigenvalue weighted by atomic mass is 10.0. The monoisotopic (exact) mass is 294 g/mol. The maximum absolute atomic E-state index is 12.9. The van der Waals surface area contributed by atoms with Crippen molar-refractivity contribution in [3.63, 3.8) is 0 Å². The Balaban J connectivity index is 1.63. The summed E-state index contributed by atoms with van der Waals surface area (Å²) in [5.41, 5.74) is 5.70. The van der Waals surface area contributed by atoms with Gasteiger partial charge in [0.2, 0.25) is 5.91 Å². The lowest BCUT2D eigenvalue weighted by Gasteiger charge is -2.19. The highest BCUT2D eigenvalue weighted by atomic mass is 19.1. The fraction of sp³-hybridized carbons (Fsp3) is 0.562. The molecule has 1 aliphatic carbocycles. The van der Waals surface area contributed by atoms with Crippen molar-refractivity contribution in [1.29, 1.82) is 0 Å². The Morgan fingerprint density at radius 3 is 3.05 bits per heavy atom. The SMILES string of the molecule is NCC1CCCC1NC(=O)CCCOc1cccc(F)c1. The third-order valence-corrected chi connectivity index (χ3v) is 3.92. The highest BCUT2D eigenvalue weighted by Crippen LogP contribution is 2.24. The van der Waals surface area contributed by atoms with Gasteiger partial charge in [0.25, 0.3) is 0 Å². The standard InChI is InChI=1S/C16H23FN2O2/c17-13-5-2-6-14(10-13)21-9-3-8-16(20)19-15-7-1-4-12(15)11-18/h2,5-6,10,12,15H,1,3-4,7-9,11,18H2,(H,19,20). The smallest absolute Gasteiger partial charge is 0.220 e. The van der Waals surface area contributed by atoms with Crippen LogP contribution in [0.4, 0.5) is 4.39 Å². The molecule has 0 aromatic heterocycles. The molecule has 0 heterocycles. The summed E-state index contributed by atoms with van der Waals surface area (Å²) in [6, 6.07) is 6.24. The van der Waals surface area contributed by atoms with Gasteiger partial charge < -0.3 is 15.8 Å². The lowest BCUT2D eigenvalue weighted by Crippen LogP contribution is -2.39. The Hall–Kier alpha value is -1.62. The summed E-state index contributed by atoms with van der Waals surface area (Å²) in [5.74, 6) is 0.634. The van der Waals surface area contributed by atoms with Crippen LogP contribution in [-0.4, -0.2) is 25.1 Å². The van der Waals surface area contributed by atoms with Crippen LogP contribution < -0.4 is 15.8 Å². The zero-order valence-corrected chi connectivity index (χ0v) is 12.2. The number of hydrogen-bond donors (Lipinski definition) is 2. The molecule has 1 fully saturated rings. The van der Waals surface area contributed by atoms with Gasteiger partial charge >= 0.3 is 0 Å². The Bertz CT molecular complexity index is 467. The van der Waals surface area contributed by atoms with Crippen molar-refractivity contribution < 1.29 is 13.9 Å². The first kappa shape index (κ1) is 15.8. The van der Waals surface area contributed by atoms with E-state index in [1.165, 1.54) is 12.1 Å². The van der Waals surface area contributed by atoms with Gasteiger partial charge in [-0.2, -0.15) is 0 Å². The minimum absolute atomic E-state index is 0.0446. The van der Waals surface area contributed by atoms with Crippen LogP contribution in [0.3, 0.4) is 0 Å². The van der Waals surface area contributed by atoms with Gasteiger partial charge in [-0.3, -0.25) is 4.79 Å². The largest absolute Gasteiger partial charge is 0.493 e. The predicted molar refractivity (Wildman–Crippen MR) is 79.5 cm³/mol. The van der Waals surface area contributed by atoms with E-state index in [0.29, 0.717) is 37.7 Å². The summed E-state index contributed by atoms with van der Waals surface area (Å²) in [5, 5.41) is 3.05. The van der Waals surface area contributed by atoms with Crippen LogP contribution in [0.25, 0.3) is 0 Å². The van der Waals surface area contributed by atoms with Gasteiger partial charge in [0, 0.05) is 18.5 Å². The van der Waals surface area contributed by atoms with Crippen molar-refractivity contribution in [1.82, 2.24) is 5.32 Å². The quantitative estimate of drug-likeness (QED) is 0.758. The van der Waals surface area contributed by atoms with E-state index in [0.717, 1.165) is 19.3 Å². The summed E-state index contributed by atoms with van der Waals surface area (Å²) in [7, 11) is 0. The zero-order valence-electron chi connectivity index (χ0n) is 12.2. The number of rotatable bonds is 7. The number of hydrogen-bond acceptors (Lipinski definition) is 3. The van der Waals surface area contributed by atoms with Gasteiger partial charge in [-0.1, -0.05) is 12.5 Å². The van der Waals surface area contributed by atoms with E-state index in [-0.39, 0.29) is 17.8 Å². The highest BCUT2D eigenvalue weighted by Gasteiger charge is 2.26. The summed E-state index contributed by atoms with van der Waals surface area (Å²) < 4.78 is 18.4. The molecule has 1 amide bonds. The Kier molecular flexibility index (Phi) is 5.99. The Morgan fingerprint density at radius 1 is 1.43 bits per heavy atom. The summed E-state index contributed by atoms with van der Waals surface area (Å²) in [4.78, 5) is 11.9. The van der Waals surface area contributed by atoms with Gasteiger partial charge in [-0.05, 0) is 43.9 Å². The molecule has 0 spiro atoms. The summed E-state index contributed by atoms with van der Waals surface area (Å²) in [6.45, 7) is 1.04. The van der Waals surface area contributed by atoms with Crippen LogP contribution in [0.15, 0.2) is 24.3 Å². The number of nitrogens with one attached hydrogen (secondary N) is 1. The maximum Gasteiger partial charge on any atom is 0.220 e. The molecular formula is C16H23FN2O2. The van der Waals surface area contributed by atoms with Gasteiger partial charge in [0.1, 0.15) is 11.6 Å². The molecule has 3 N–H and O–H groups in total. The topological polar surface area (TPSA) is 64.3 Å². The van der Waals surface area contributed by atoms with Gasteiger partial charge in [-0.25, -0.2) is 4.39 Å². The number of nitrogens with two attached hydrogens (primary N) is 1. The lowest BCUT2D eigenvalue weighted by molar-refractivity contribution is -0.122. The molecule has 0 bridgehead atoms. The number of amides is 1. The molecule has 2 unspecified atom stereocenters. The molecule has 5 heteroatoms. The van der Waals surface area contributed by atoms with E-state index in [4.69, 9.17) is 10.5 Å². The fourth-order valence-electron chi connectivity index (χ4n) is 2.77. The van der Waals surface area contributed by atoms with Crippen LogP contribution in [0.5, 0.6) is 5.75 Å². The highest BCUT2D eigenvalue weighted by molar-refractivity contribution is 5.76. The molecule has 1 aromatic carbocycles. The van der Waals surface area contributed by atoms with Gasteiger partial charge in [0.05, 0.1) is 6.61 Å². The number of carbonyl (C=O) groups is 1. The van der Waals surface area contributed by atoms with E-state index in [9.17, 15) is 9.18 Å². The number of halogens is 1. The molecule has 2 atom stereocenters. The van der Waals surface area contributed by atoms with E-state index in [1.807, 2.05) is 0 Å². The third kappa shape index (κ3) is 5.01. The first-order chi connectivity index (χ1) is 10.2. The second kappa shape index (κ2) is 7.98. The predicted octanol–water partition coefficient (Wildman–Crippen LogP) is 2.23. The van der Waals surface area contributed by atoms with Crippen LogP contribution in [-0.2, 0) is 4.79 Å². The van der Waals surface area contributed by atoms with E-state index in [1.54, 1.807) is 12.1 Å².